The Morgan fingerprint density at radius 2 is 2.04 bits per heavy atom. The number of pyridine rings is 1. The van der Waals surface area contributed by atoms with Crippen LogP contribution in [-0.4, -0.2) is 17.4 Å². The molecule has 0 radical (unpaired) electrons. The van der Waals surface area contributed by atoms with E-state index in [2.05, 4.69) is 4.98 Å². The summed E-state index contributed by atoms with van der Waals surface area (Å²) in [5, 5.41) is 2.00. The number of benzene rings is 1. The first-order valence-corrected chi connectivity index (χ1v) is 8.41. The number of aromatic nitrogens is 1. The van der Waals surface area contributed by atoms with Crippen molar-refractivity contribution in [3.63, 3.8) is 0 Å². The minimum absolute atomic E-state index is 0.182. The second-order valence-electron chi connectivity index (χ2n) is 5.63. The van der Waals surface area contributed by atoms with Crippen molar-refractivity contribution in [2.45, 2.75) is 6.42 Å². The molecule has 3 aromatic rings. The van der Waals surface area contributed by atoms with Gasteiger partial charge in [-0.05, 0) is 47.7 Å². The molecule has 4 rings (SSSR count). The van der Waals surface area contributed by atoms with Crippen LogP contribution in [0.5, 0.6) is 0 Å². The lowest BCUT2D eigenvalue weighted by Gasteiger charge is -2.22. The Morgan fingerprint density at radius 3 is 2.83 bits per heavy atom. The SMILES string of the molecule is Nc1ccc(C(=O)N2CCc3ccsc3-c3ncc(F)cc32)cc1. The van der Waals surface area contributed by atoms with E-state index in [1.165, 1.54) is 12.3 Å². The van der Waals surface area contributed by atoms with Gasteiger partial charge in [-0.3, -0.25) is 9.78 Å². The second kappa shape index (κ2) is 5.72. The van der Waals surface area contributed by atoms with E-state index < -0.39 is 5.82 Å². The number of nitrogens with zero attached hydrogens (tertiary/aromatic N) is 2. The highest BCUT2D eigenvalue weighted by Crippen LogP contribution is 2.39. The van der Waals surface area contributed by atoms with E-state index in [0.717, 1.165) is 10.4 Å². The quantitative estimate of drug-likeness (QED) is 0.687. The molecule has 0 aliphatic carbocycles. The monoisotopic (exact) mass is 339 g/mol. The van der Waals surface area contributed by atoms with E-state index >= 15 is 0 Å². The number of nitrogens with two attached hydrogens (primary N) is 1. The largest absolute Gasteiger partial charge is 0.399 e. The zero-order valence-electron chi connectivity index (χ0n) is 12.7. The summed E-state index contributed by atoms with van der Waals surface area (Å²) in [6.45, 7) is 0.477. The molecule has 1 aliphatic heterocycles. The molecule has 1 aliphatic rings. The molecule has 0 saturated heterocycles. The molecule has 2 N–H and O–H groups in total. The average molecular weight is 339 g/mol. The predicted molar refractivity (Wildman–Crippen MR) is 93.7 cm³/mol. The molecule has 0 bridgehead atoms. The van der Waals surface area contributed by atoms with Crippen molar-refractivity contribution in [2.24, 2.45) is 0 Å². The fourth-order valence-corrected chi connectivity index (χ4v) is 3.85. The molecule has 0 unspecified atom stereocenters. The van der Waals surface area contributed by atoms with E-state index in [1.807, 2.05) is 11.4 Å². The summed E-state index contributed by atoms with van der Waals surface area (Å²) in [4.78, 5) is 19.8. The molecule has 6 heteroatoms. The van der Waals surface area contributed by atoms with Gasteiger partial charge in [-0.25, -0.2) is 4.39 Å². The van der Waals surface area contributed by atoms with Crippen LogP contribution in [0.2, 0.25) is 0 Å². The number of hydrogen-bond acceptors (Lipinski definition) is 4. The van der Waals surface area contributed by atoms with E-state index in [9.17, 15) is 9.18 Å². The van der Waals surface area contributed by atoms with Gasteiger partial charge in [0, 0.05) is 23.9 Å². The standard InChI is InChI=1S/C18H14FN3OS/c19-13-9-15-16(21-10-13)17-11(6-8-24-17)5-7-22(15)18(23)12-1-3-14(20)4-2-12/h1-4,6,8-10H,5,7,20H2. The third kappa shape index (κ3) is 2.45. The lowest BCUT2D eigenvalue weighted by atomic mass is 10.1. The van der Waals surface area contributed by atoms with Gasteiger partial charge in [0.1, 0.15) is 11.5 Å². The first-order valence-electron chi connectivity index (χ1n) is 7.53. The van der Waals surface area contributed by atoms with E-state index in [4.69, 9.17) is 5.73 Å². The van der Waals surface area contributed by atoms with Gasteiger partial charge >= 0.3 is 0 Å². The third-order valence-corrected chi connectivity index (χ3v) is 5.06. The molecule has 120 valence electrons. The van der Waals surface area contributed by atoms with Crippen molar-refractivity contribution >= 4 is 28.6 Å². The van der Waals surface area contributed by atoms with Gasteiger partial charge in [-0.1, -0.05) is 0 Å². The maximum atomic E-state index is 13.8. The van der Waals surface area contributed by atoms with Crippen LogP contribution < -0.4 is 10.6 Å². The van der Waals surface area contributed by atoms with Crippen LogP contribution in [0, 0.1) is 5.82 Å². The highest BCUT2D eigenvalue weighted by Gasteiger charge is 2.27. The van der Waals surface area contributed by atoms with Crippen LogP contribution in [0.15, 0.2) is 48.0 Å². The number of rotatable bonds is 1. The summed E-state index contributed by atoms with van der Waals surface area (Å²) < 4.78 is 13.8. The molecule has 1 amide bonds. The highest BCUT2D eigenvalue weighted by atomic mass is 32.1. The van der Waals surface area contributed by atoms with Crippen LogP contribution >= 0.6 is 11.3 Å². The predicted octanol–water partition coefficient (Wildman–Crippen LogP) is 3.73. The summed E-state index contributed by atoms with van der Waals surface area (Å²) in [5.74, 6) is -0.636. The minimum Gasteiger partial charge on any atom is -0.399 e. The van der Waals surface area contributed by atoms with Crippen LogP contribution in [0.1, 0.15) is 15.9 Å². The molecule has 0 saturated carbocycles. The Labute approximate surface area is 142 Å². The summed E-state index contributed by atoms with van der Waals surface area (Å²) in [5.41, 5.74) is 9.10. The Kier molecular flexibility index (Phi) is 3.54. The summed E-state index contributed by atoms with van der Waals surface area (Å²) in [7, 11) is 0. The first kappa shape index (κ1) is 14.8. The van der Waals surface area contributed by atoms with Gasteiger partial charge < -0.3 is 10.6 Å². The molecule has 1 aromatic carbocycles. The summed E-state index contributed by atoms with van der Waals surface area (Å²) >= 11 is 1.56. The number of fused-ring (bicyclic) bond motifs is 3. The Bertz CT molecular complexity index is 920. The van der Waals surface area contributed by atoms with Crippen molar-refractivity contribution < 1.29 is 9.18 Å². The number of amides is 1. The Hall–Kier alpha value is -2.73. The number of nitrogen functional groups attached to an aromatic ring is 1. The lowest BCUT2D eigenvalue weighted by Crippen LogP contribution is -2.32. The van der Waals surface area contributed by atoms with Gasteiger partial charge in [0.25, 0.3) is 5.91 Å². The van der Waals surface area contributed by atoms with E-state index in [1.54, 1.807) is 40.5 Å². The van der Waals surface area contributed by atoms with Crippen molar-refractivity contribution in [3.8, 4) is 10.6 Å². The van der Waals surface area contributed by atoms with Crippen LogP contribution in [0.3, 0.4) is 0 Å². The summed E-state index contributed by atoms with van der Waals surface area (Å²) in [6, 6.07) is 10.2. The van der Waals surface area contributed by atoms with Crippen molar-refractivity contribution in [2.75, 3.05) is 17.2 Å². The number of halogens is 1. The van der Waals surface area contributed by atoms with Crippen molar-refractivity contribution in [1.82, 2.24) is 4.98 Å². The number of anilines is 2. The van der Waals surface area contributed by atoms with E-state index in [0.29, 0.717) is 35.6 Å². The van der Waals surface area contributed by atoms with Crippen LogP contribution in [0.4, 0.5) is 15.8 Å². The smallest absolute Gasteiger partial charge is 0.258 e. The van der Waals surface area contributed by atoms with Crippen molar-refractivity contribution in [3.05, 3.63) is 64.9 Å². The normalized spacial score (nSPS) is 13.1. The minimum atomic E-state index is -0.455. The second-order valence-corrected chi connectivity index (χ2v) is 6.54. The average Bonchev–Trinajstić information content (AvgIpc) is 2.98. The maximum Gasteiger partial charge on any atom is 0.258 e. The van der Waals surface area contributed by atoms with Gasteiger partial charge in [0.05, 0.1) is 16.8 Å². The number of thiophene rings is 1. The molecule has 2 aromatic heterocycles. The van der Waals surface area contributed by atoms with Crippen LogP contribution in [-0.2, 0) is 6.42 Å². The first-order chi connectivity index (χ1) is 11.6. The topological polar surface area (TPSA) is 59.2 Å². The number of hydrogen-bond donors (Lipinski definition) is 1. The molecule has 4 nitrogen and oxygen atoms in total. The fraction of sp³-hybridized carbons (Fsp3) is 0.111. The molecule has 24 heavy (non-hydrogen) atoms. The van der Waals surface area contributed by atoms with Gasteiger partial charge in [-0.2, -0.15) is 0 Å². The number of carbonyl (C=O) groups is 1. The van der Waals surface area contributed by atoms with Crippen LogP contribution in [0.25, 0.3) is 10.6 Å². The Morgan fingerprint density at radius 1 is 1.25 bits per heavy atom. The molecular weight excluding hydrogens is 325 g/mol. The zero-order chi connectivity index (χ0) is 16.7. The molecule has 0 spiro atoms. The van der Waals surface area contributed by atoms with Crippen molar-refractivity contribution in [1.29, 1.82) is 0 Å². The zero-order valence-corrected chi connectivity index (χ0v) is 13.5. The number of carbonyl (C=O) groups excluding carboxylic acids is 1. The van der Waals surface area contributed by atoms with Gasteiger partial charge in [0.15, 0.2) is 0 Å². The fourth-order valence-electron chi connectivity index (χ4n) is 2.89. The lowest BCUT2D eigenvalue weighted by molar-refractivity contribution is 0.0987. The molecule has 3 heterocycles. The van der Waals surface area contributed by atoms with E-state index in [-0.39, 0.29) is 5.91 Å². The van der Waals surface area contributed by atoms with Gasteiger partial charge in [0.2, 0.25) is 0 Å². The summed E-state index contributed by atoms with van der Waals surface area (Å²) in [6.07, 6.45) is 1.90. The maximum absolute atomic E-state index is 13.8. The van der Waals surface area contributed by atoms with Gasteiger partial charge in [-0.15, -0.1) is 11.3 Å². The Balaban J connectivity index is 1.82. The molecule has 0 fully saturated rings. The molecular formula is C18H14FN3OS. The third-order valence-electron chi connectivity index (χ3n) is 4.09. The molecule has 0 atom stereocenters. The highest BCUT2D eigenvalue weighted by molar-refractivity contribution is 7.13.